The number of hydrogen-bond donors (Lipinski definition) is 0. The Morgan fingerprint density at radius 2 is 2.27 bits per heavy atom. The molecule has 0 saturated heterocycles. The highest BCUT2D eigenvalue weighted by Gasteiger charge is 1.97. The summed E-state index contributed by atoms with van der Waals surface area (Å²) in [4.78, 5) is 11.7. The highest BCUT2D eigenvalue weighted by atomic mass is 32.2. The number of carbonyl (C=O) groups excluding carboxylic acids is 1. The molecule has 0 radical (unpaired) electrons. The van der Waals surface area contributed by atoms with Crippen LogP contribution >= 0.6 is 11.8 Å². The Labute approximate surface area is 95.0 Å². The van der Waals surface area contributed by atoms with Gasteiger partial charge in [0.1, 0.15) is 6.29 Å². The molecule has 2 nitrogen and oxygen atoms in total. The highest BCUT2D eigenvalue weighted by Crippen LogP contribution is 2.18. The number of benzene rings is 1. The lowest BCUT2D eigenvalue weighted by atomic mass is 10.2. The lowest BCUT2D eigenvalue weighted by molar-refractivity contribution is 0.0920. The van der Waals surface area contributed by atoms with E-state index in [9.17, 15) is 4.79 Å². The van der Waals surface area contributed by atoms with Crippen LogP contribution in [0, 0.1) is 0 Å². The maximum atomic E-state index is 10.5. The molecule has 0 aliphatic heterocycles. The molecule has 0 fully saturated rings. The van der Waals surface area contributed by atoms with E-state index in [1.54, 1.807) is 11.8 Å². The standard InChI is InChI=1S/C12H16O2S/c1-10(2)14-6-7-15-12-5-3-4-11(8-12)9-13/h3-5,8-10H,6-7H2,1-2H3. The maximum absolute atomic E-state index is 10.5. The summed E-state index contributed by atoms with van der Waals surface area (Å²) in [5.74, 6) is 0.917. The van der Waals surface area contributed by atoms with E-state index in [4.69, 9.17) is 4.74 Å². The number of carbonyl (C=O) groups is 1. The molecule has 0 saturated carbocycles. The SMILES string of the molecule is CC(C)OCCSc1cccc(C=O)c1. The molecule has 1 aromatic carbocycles. The van der Waals surface area contributed by atoms with Gasteiger partial charge in [0.25, 0.3) is 0 Å². The van der Waals surface area contributed by atoms with Gasteiger partial charge in [0.05, 0.1) is 12.7 Å². The van der Waals surface area contributed by atoms with Crippen LogP contribution in [0.15, 0.2) is 29.2 Å². The van der Waals surface area contributed by atoms with Crippen molar-refractivity contribution in [2.24, 2.45) is 0 Å². The summed E-state index contributed by atoms with van der Waals surface area (Å²) < 4.78 is 5.43. The molecule has 82 valence electrons. The van der Waals surface area contributed by atoms with E-state index in [2.05, 4.69) is 0 Å². The van der Waals surface area contributed by atoms with Gasteiger partial charge in [0, 0.05) is 16.2 Å². The largest absolute Gasteiger partial charge is 0.378 e. The minimum atomic E-state index is 0.284. The number of rotatable bonds is 6. The number of ether oxygens (including phenoxy) is 1. The van der Waals surface area contributed by atoms with Gasteiger partial charge < -0.3 is 4.74 Å². The second-order valence-electron chi connectivity index (χ2n) is 3.46. The summed E-state index contributed by atoms with van der Waals surface area (Å²) in [6.45, 7) is 4.79. The normalized spacial score (nSPS) is 10.6. The average molecular weight is 224 g/mol. The quantitative estimate of drug-likeness (QED) is 0.422. The van der Waals surface area contributed by atoms with E-state index >= 15 is 0 Å². The second kappa shape index (κ2) is 6.64. The van der Waals surface area contributed by atoms with Crippen molar-refractivity contribution in [3.63, 3.8) is 0 Å². The third-order valence-electron chi connectivity index (χ3n) is 1.80. The van der Waals surface area contributed by atoms with E-state index in [0.29, 0.717) is 0 Å². The predicted molar refractivity (Wildman–Crippen MR) is 63.6 cm³/mol. The summed E-state index contributed by atoms with van der Waals surface area (Å²) in [6.07, 6.45) is 1.15. The fraction of sp³-hybridized carbons (Fsp3) is 0.417. The lowest BCUT2D eigenvalue weighted by Gasteiger charge is -2.06. The number of hydrogen-bond acceptors (Lipinski definition) is 3. The second-order valence-corrected chi connectivity index (χ2v) is 4.63. The first kappa shape index (κ1) is 12.3. The van der Waals surface area contributed by atoms with Gasteiger partial charge in [-0.15, -0.1) is 11.8 Å². The highest BCUT2D eigenvalue weighted by molar-refractivity contribution is 7.99. The van der Waals surface area contributed by atoms with Crippen LogP contribution in [-0.2, 0) is 4.74 Å². The lowest BCUT2D eigenvalue weighted by Crippen LogP contribution is -2.05. The van der Waals surface area contributed by atoms with Crippen LogP contribution in [0.5, 0.6) is 0 Å². The molecule has 0 spiro atoms. The molecule has 1 aromatic rings. The fourth-order valence-corrected chi connectivity index (χ4v) is 1.93. The third kappa shape index (κ3) is 5.00. The summed E-state index contributed by atoms with van der Waals surface area (Å²) in [7, 11) is 0. The minimum absolute atomic E-state index is 0.284. The zero-order chi connectivity index (χ0) is 11.1. The van der Waals surface area contributed by atoms with Gasteiger partial charge in [0.15, 0.2) is 0 Å². The van der Waals surface area contributed by atoms with Crippen molar-refractivity contribution < 1.29 is 9.53 Å². The molecule has 0 unspecified atom stereocenters. The molecule has 0 atom stereocenters. The van der Waals surface area contributed by atoms with Crippen molar-refractivity contribution in [3.05, 3.63) is 29.8 Å². The third-order valence-corrected chi connectivity index (χ3v) is 2.76. The average Bonchev–Trinajstić information content (AvgIpc) is 2.24. The molecule has 0 heterocycles. The van der Waals surface area contributed by atoms with Crippen molar-refractivity contribution in [3.8, 4) is 0 Å². The minimum Gasteiger partial charge on any atom is -0.378 e. The molecular weight excluding hydrogens is 208 g/mol. The number of aldehydes is 1. The molecule has 1 rings (SSSR count). The predicted octanol–water partition coefficient (Wildman–Crippen LogP) is 3.02. The van der Waals surface area contributed by atoms with E-state index in [0.717, 1.165) is 29.1 Å². The Kier molecular flexibility index (Phi) is 5.43. The van der Waals surface area contributed by atoms with Crippen LogP contribution in [-0.4, -0.2) is 24.7 Å². The molecule has 0 aliphatic carbocycles. The Hall–Kier alpha value is -0.800. The van der Waals surface area contributed by atoms with Crippen LogP contribution in [0.4, 0.5) is 0 Å². The van der Waals surface area contributed by atoms with Crippen molar-refractivity contribution in [2.75, 3.05) is 12.4 Å². The first-order valence-corrected chi connectivity index (χ1v) is 6.00. The van der Waals surface area contributed by atoms with Crippen LogP contribution in [0.25, 0.3) is 0 Å². The Morgan fingerprint density at radius 3 is 2.93 bits per heavy atom. The summed E-state index contributed by atoms with van der Waals surface area (Å²) in [5.41, 5.74) is 0.727. The van der Waals surface area contributed by atoms with Gasteiger partial charge in [-0.1, -0.05) is 12.1 Å². The number of thioether (sulfide) groups is 1. The van der Waals surface area contributed by atoms with Gasteiger partial charge >= 0.3 is 0 Å². The van der Waals surface area contributed by atoms with Gasteiger partial charge in [-0.3, -0.25) is 4.79 Å². The van der Waals surface area contributed by atoms with Gasteiger partial charge in [-0.25, -0.2) is 0 Å². The smallest absolute Gasteiger partial charge is 0.150 e. The van der Waals surface area contributed by atoms with E-state index in [1.807, 2.05) is 38.1 Å². The van der Waals surface area contributed by atoms with Crippen molar-refractivity contribution in [2.45, 2.75) is 24.8 Å². The Bertz CT molecular complexity index is 310. The fourth-order valence-electron chi connectivity index (χ4n) is 1.12. The summed E-state index contributed by atoms with van der Waals surface area (Å²) >= 11 is 1.71. The first-order chi connectivity index (χ1) is 7.22. The maximum Gasteiger partial charge on any atom is 0.150 e. The van der Waals surface area contributed by atoms with E-state index < -0.39 is 0 Å². The van der Waals surface area contributed by atoms with Gasteiger partial charge in [-0.05, 0) is 26.0 Å². The molecule has 3 heteroatoms. The van der Waals surface area contributed by atoms with Gasteiger partial charge in [0.2, 0.25) is 0 Å². The van der Waals surface area contributed by atoms with Crippen LogP contribution in [0.1, 0.15) is 24.2 Å². The van der Waals surface area contributed by atoms with Crippen molar-refractivity contribution >= 4 is 18.0 Å². The first-order valence-electron chi connectivity index (χ1n) is 5.02. The molecule has 0 N–H and O–H groups in total. The van der Waals surface area contributed by atoms with E-state index in [-0.39, 0.29) is 6.10 Å². The topological polar surface area (TPSA) is 26.3 Å². The molecule has 0 bridgehead atoms. The molecule has 0 amide bonds. The van der Waals surface area contributed by atoms with Crippen LogP contribution < -0.4 is 0 Å². The summed E-state index contributed by atoms with van der Waals surface area (Å²) in [5, 5.41) is 0. The molecular formula is C12H16O2S. The van der Waals surface area contributed by atoms with Crippen molar-refractivity contribution in [1.82, 2.24) is 0 Å². The molecule has 15 heavy (non-hydrogen) atoms. The molecule has 0 aromatic heterocycles. The van der Waals surface area contributed by atoms with Crippen LogP contribution in [0.2, 0.25) is 0 Å². The molecule has 0 aliphatic rings. The van der Waals surface area contributed by atoms with Crippen molar-refractivity contribution in [1.29, 1.82) is 0 Å². The van der Waals surface area contributed by atoms with E-state index in [1.165, 1.54) is 0 Å². The zero-order valence-corrected chi connectivity index (χ0v) is 9.92. The monoisotopic (exact) mass is 224 g/mol. The summed E-state index contributed by atoms with van der Waals surface area (Å²) in [6, 6.07) is 7.61. The Balaban J connectivity index is 2.34. The zero-order valence-electron chi connectivity index (χ0n) is 9.10. The van der Waals surface area contributed by atoms with Crippen LogP contribution in [0.3, 0.4) is 0 Å². The Morgan fingerprint density at radius 1 is 1.47 bits per heavy atom. The van der Waals surface area contributed by atoms with Gasteiger partial charge in [-0.2, -0.15) is 0 Å².